The molecule has 0 saturated heterocycles. The summed E-state index contributed by atoms with van der Waals surface area (Å²) in [5, 5.41) is 4.72. The largest absolute Gasteiger partial charge is 0.459 e. The van der Waals surface area contributed by atoms with E-state index >= 15 is 0 Å². The second kappa shape index (κ2) is 6.15. The van der Waals surface area contributed by atoms with Crippen molar-refractivity contribution >= 4 is 11.0 Å². The van der Waals surface area contributed by atoms with E-state index in [2.05, 4.69) is 73.8 Å². The van der Waals surface area contributed by atoms with E-state index in [0.717, 1.165) is 24.3 Å². The average molecular weight is 279 g/mol. The standard InChI is InChI=1S/C19H21NO/c1-3-20-17(12-15-9-5-4-6-10-15)18-13-16-11-7-8-14(2)19(16)21-18/h4-11,13,17,20H,3,12H2,1-2H3. The van der Waals surface area contributed by atoms with Gasteiger partial charge in [-0.15, -0.1) is 0 Å². The van der Waals surface area contributed by atoms with Crippen molar-refractivity contribution in [3.8, 4) is 0 Å². The fourth-order valence-electron chi connectivity index (χ4n) is 2.77. The SMILES string of the molecule is CCNC(Cc1ccccc1)c1cc2cccc(C)c2o1. The quantitative estimate of drug-likeness (QED) is 0.736. The zero-order valence-corrected chi connectivity index (χ0v) is 12.6. The fraction of sp³-hybridized carbons (Fsp3) is 0.263. The number of fused-ring (bicyclic) bond motifs is 1. The minimum absolute atomic E-state index is 0.212. The van der Waals surface area contributed by atoms with Crippen molar-refractivity contribution in [2.45, 2.75) is 26.3 Å². The Kier molecular flexibility index (Phi) is 4.07. The Hall–Kier alpha value is -2.06. The zero-order valence-electron chi connectivity index (χ0n) is 12.6. The average Bonchev–Trinajstić information content (AvgIpc) is 2.93. The highest BCUT2D eigenvalue weighted by molar-refractivity contribution is 5.81. The lowest BCUT2D eigenvalue weighted by atomic mass is 10.0. The van der Waals surface area contributed by atoms with Gasteiger partial charge in [-0.25, -0.2) is 0 Å². The van der Waals surface area contributed by atoms with E-state index in [0.29, 0.717) is 0 Å². The molecule has 3 aromatic rings. The van der Waals surface area contributed by atoms with Crippen LogP contribution in [0.3, 0.4) is 0 Å². The molecule has 0 radical (unpaired) electrons. The number of furan rings is 1. The maximum absolute atomic E-state index is 6.12. The summed E-state index contributed by atoms with van der Waals surface area (Å²) in [6.07, 6.45) is 0.938. The minimum atomic E-state index is 0.212. The first-order chi connectivity index (χ1) is 10.3. The van der Waals surface area contributed by atoms with Crippen molar-refractivity contribution in [2.24, 2.45) is 0 Å². The van der Waals surface area contributed by atoms with Gasteiger partial charge in [0.05, 0.1) is 6.04 Å². The second-order valence-corrected chi connectivity index (χ2v) is 5.44. The van der Waals surface area contributed by atoms with Gasteiger partial charge in [0.25, 0.3) is 0 Å². The highest BCUT2D eigenvalue weighted by atomic mass is 16.3. The molecule has 1 aromatic heterocycles. The summed E-state index contributed by atoms with van der Waals surface area (Å²) in [6, 6.07) is 19.2. The number of rotatable bonds is 5. The third-order valence-corrected chi connectivity index (χ3v) is 3.84. The van der Waals surface area contributed by atoms with Crippen LogP contribution in [0.2, 0.25) is 0 Å². The van der Waals surface area contributed by atoms with Gasteiger partial charge in [0, 0.05) is 5.39 Å². The summed E-state index contributed by atoms with van der Waals surface area (Å²) >= 11 is 0. The molecular formula is C19H21NO. The number of hydrogen-bond acceptors (Lipinski definition) is 2. The summed E-state index contributed by atoms with van der Waals surface area (Å²) in [5.74, 6) is 1.02. The van der Waals surface area contributed by atoms with Crippen molar-refractivity contribution in [2.75, 3.05) is 6.54 Å². The predicted molar refractivity (Wildman–Crippen MR) is 87.5 cm³/mol. The first kappa shape index (κ1) is 13.9. The summed E-state index contributed by atoms with van der Waals surface area (Å²) in [7, 11) is 0. The van der Waals surface area contributed by atoms with Gasteiger partial charge in [-0.05, 0) is 37.1 Å². The molecule has 1 heterocycles. The molecule has 0 fully saturated rings. The van der Waals surface area contributed by atoms with Crippen LogP contribution in [0.15, 0.2) is 59.0 Å². The number of nitrogens with one attached hydrogen (secondary N) is 1. The molecular weight excluding hydrogens is 258 g/mol. The monoisotopic (exact) mass is 279 g/mol. The Bertz CT molecular complexity index is 715. The predicted octanol–water partition coefficient (Wildman–Crippen LogP) is 4.63. The molecule has 2 heteroatoms. The van der Waals surface area contributed by atoms with Gasteiger partial charge in [-0.2, -0.15) is 0 Å². The lowest BCUT2D eigenvalue weighted by Gasteiger charge is -2.15. The molecule has 1 N–H and O–H groups in total. The van der Waals surface area contributed by atoms with Crippen LogP contribution in [0, 0.1) is 6.92 Å². The number of likely N-dealkylation sites (N-methyl/N-ethyl adjacent to an activating group) is 1. The van der Waals surface area contributed by atoms with Gasteiger partial charge < -0.3 is 9.73 Å². The molecule has 3 rings (SSSR count). The maximum Gasteiger partial charge on any atom is 0.137 e. The van der Waals surface area contributed by atoms with E-state index in [1.54, 1.807) is 0 Å². The highest BCUT2D eigenvalue weighted by Gasteiger charge is 2.16. The van der Waals surface area contributed by atoms with Crippen LogP contribution in [0.25, 0.3) is 11.0 Å². The lowest BCUT2D eigenvalue weighted by Crippen LogP contribution is -2.22. The Morgan fingerprint density at radius 2 is 1.86 bits per heavy atom. The maximum atomic E-state index is 6.12. The second-order valence-electron chi connectivity index (χ2n) is 5.44. The van der Waals surface area contributed by atoms with Crippen LogP contribution in [0.5, 0.6) is 0 Å². The normalized spacial score (nSPS) is 12.7. The topological polar surface area (TPSA) is 25.2 Å². The van der Waals surface area contributed by atoms with Crippen molar-refractivity contribution in [3.63, 3.8) is 0 Å². The van der Waals surface area contributed by atoms with Gasteiger partial charge in [0.1, 0.15) is 11.3 Å². The fourth-order valence-corrected chi connectivity index (χ4v) is 2.77. The molecule has 0 aliphatic rings. The van der Waals surface area contributed by atoms with E-state index in [4.69, 9.17) is 4.42 Å². The highest BCUT2D eigenvalue weighted by Crippen LogP contribution is 2.28. The van der Waals surface area contributed by atoms with Crippen LogP contribution >= 0.6 is 0 Å². The lowest BCUT2D eigenvalue weighted by molar-refractivity contribution is 0.434. The van der Waals surface area contributed by atoms with Crippen molar-refractivity contribution in [1.82, 2.24) is 5.32 Å². The van der Waals surface area contributed by atoms with Crippen LogP contribution < -0.4 is 5.32 Å². The van der Waals surface area contributed by atoms with Crippen molar-refractivity contribution in [1.29, 1.82) is 0 Å². The van der Waals surface area contributed by atoms with Gasteiger partial charge in [0.15, 0.2) is 0 Å². The number of para-hydroxylation sites is 1. The molecule has 0 bridgehead atoms. The first-order valence-electron chi connectivity index (χ1n) is 7.54. The number of hydrogen-bond donors (Lipinski definition) is 1. The molecule has 0 amide bonds. The number of aryl methyl sites for hydroxylation is 1. The number of benzene rings is 2. The molecule has 1 atom stereocenters. The molecule has 2 nitrogen and oxygen atoms in total. The van der Waals surface area contributed by atoms with E-state index in [1.807, 2.05) is 0 Å². The van der Waals surface area contributed by atoms with Gasteiger partial charge >= 0.3 is 0 Å². The molecule has 0 saturated carbocycles. The van der Waals surface area contributed by atoms with Crippen LogP contribution in [-0.2, 0) is 6.42 Å². The molecule has 0 aliphatic heterocycles. The van der Waals surface area contributed by atoms with E-state index in [-0.39, 0.29) is 6.04 Å². The van der Waals surface area contributed by atoms with Gasteiger partial charge in [-0.3, -0.25) is 0 Å². The third-order valence-electron chi connectivity index (χ3n) is 3.84. The molecule has 0 spiro atoms. The zero-order chi connectivity index (χ0) is 14.7. The van der Waals surface area contributed by atoms with Gasteiger partial charge in [-0.1, -0.05) is 55.5 Å². The van der Waals surface area contributed by atoms with E-state index in [9.17, 15) is 0 Å². The summed E-state index contributed by atoms with van der Waals surface area (Å²) < 4.78 is 6.12. The molecule has 2 aromatic carbocycles. The summed E-state index contributed by atoms with van der Waals surface area (Å²) in [5.41, 5.74) is 3.51. The van der Waals surface area contributed by atoms with Crippen LogP contribution in [0.4, 0.5) is 0 Å². The Labute approximate surface area is 125 Å². The van der Waals surface area contributed by atoms with E-state index in [1.165, 1.54) is 16.5 Å². The van der Waals surface area contributed by atoms with Gasteiger partial charge in [0.2, 0.25) is 0 Å². The molecule has 21 heavy (non-hydrogen) atoms. The molecule has 1 unspecified atom stereocenters. The molecule has 108 valence electrons. The third kappa shape index (κ3) is 3.01. The Morgan fingerprint density at radius 1 is 1.05 bits per heavy atom. The molecule has 0 aliphatic carbocycles. The van der Waals surface area contributed by atoms with Crippen LogP contribution in [0.1, 0.15) is 29.9 Å². The van der Waals surface area contributed by atoms with E-state index < -0.39 is 0 Å². The summed E-state index contributed by atoms with van der Waals surface area (Å²) in [6.45, 7) is 5.15. The van der Waals surface area contributed by atoms with Crippen molar-refractivity contribution in [3.05, 3.63) is 71.5 Å². The van der Waals surface area contributed by atoms with Crippen LogP contribution in [-0.4, -0.2) is 6.54 Å². The summed E-state index contributed by atoms with van der Waals surface area (Å²) in [4.78, 5) is 0. The Morgan fingerprint density at radius 3 is 2.57 bits per heavy atom. The van der Waals surface area contributed by atoms with Crippen molar-refractivity contribution < 1.29 is 4.42 Å². The Balaban J connectivity index is 1.93. The minimum Gasteiger partial charge on any atom is -0.459 e. The smallest absolute Gasteiger partial charge is 0.137 e. The first-order valence-corrected chi connectivity index (χ1v) is 7.54.